The smallest absolute Gasteiger partial charge is 0.161 e. The van der Waals surface area contributed by atoms with Crippen LogP contribution in [0.5, 0.6) is 0 Å². The summed E-state index contributed by atoms with van der Waals surface area (Å²) < 4.78 is 0. The minimum Gasteiger partial charge on any atom is -0.339 e. The molecule has 43 heavy (non-hydrogen) atoms. The maximum absolute atomic E-state index is 10.1. The zero-order valence-electron chi connectivity index (χ0n) is 26.5. The van der Waals surface area contributed by atoms with Gasteiger partial charge in [0.25, 0.3) is 0 Å². The molecule has 2 aromatic carbocycles. The van der Waals surface area contributed by atoms with Crippen LogP contribution in [0.2, 0.25) is 0 Å². The maximum Gasteiger partial charge on any atom is 0.161 e. The van der Waals surface area contributed by atoms with Crippen molar-refractivity contribution in [1.29, 1.82) is 5.26 Å². The molecule has 0 aliphatic rings. The number of aryl methyl sites for hydroxylation is 2. The highest BCUT2D eigenvalue weighted by Gasteiger charge is 2.18. The van der Waals surface area contributed by atoms with Crippen molar-refractivity contribution >= 4 is 41.3 Å². The van der Waals surface area contributed by atoms with Gasteiger partial charge in [-0.1, -0.05) is 102 Å². The monoisotopic (exact) mass is 598 g/mol. The first-order chi connectivity index (χ1) is 21.1. The van der Waals surface area contributed by atoms with Gasteiger partial charge in [-0.15, -0.1) is 0 Å². The van der Waals surface area contributed by atoms with Gasteiger partial charge in [-0.05, 0) is 68.0 Å². The van der Waals surface area contributed by atoms with Crippen LogP contribution in [0.1, 0.15) is 113 Å². The molecule has 230 valence electrons. The molecular formula is C36H50N6S. The Hall–Kier alpha value is -3.37. The molecule has 3 aromatic rings. The van der Waals surface area contributed by atoms with Crippen molar-refractivity contribution in [3.8, 4) is 6.07 Å². The summed E-state index contributed by atoms with van der Waals surface area (Å²) in [5, 5.41) is 25.3. The van der Waals surface area contributed by atoms with Crippen molar-refractivity contribution < 1.29 is 0 Å². The van der Waals surface area contributed by atoms with E-state index in [-0.39, 0.29) is 5.88 Å². The molecule has 0 saturated carbocycles. The lowest BCUT2D eigenvalue weighted by Gasteiger charge is -2.16. The molecule has 6 nitrogen and oxygen atoms in total. The molecule has 7 heteroatoms. The summed E-state index contributed by atoms with van der Waals surface area (Å²) in [5.74, 6) is 1.29. The number of nitrogens with zero attached hydrogens (tertiary/aromatic N) is 4. The number of thiol groups is 1. The average Bonchev–Trinajstić information content (AvgIpc) is 3.02. The topological polar surface area (TPSA) is 85.5 Å². The molecule has 1 aromatic heterocycles. The number of benzene rings is 2. The van der Waals surface area contributed by atoms with Crippen LogP contribution in [0.25, 0.3) is 0 Å². The fourth-order valence-corrected chi connectivity index (χ4v) is 5.30. The number of hydrogen-bond acceptors (Lipinski definition) is 7. The van der Waals surface area contributed by atoms with E-state index < -0.39 is 0 Å². The molecule has 0 bridgehead atoms. The van der Waals surface area contributed by atoms with Crippen LogP contribution < -0.4 is 10.6 Å². The summed E-state index contributed by atoms with van der Waals surface area (Å²) in [4.78, 5) is 4.84. The molecule has 0 saturated heterocycles. The van der Waals surface area contributed by atoms with Gasteiger partial charge in [0.15, 0.2) is 11.6 Å². The van der Waals surface area contributed by atoms with Crippen molar-refractivity contribution in [3.63, 3.8) is 0 Å². The molecule has 2 N–H and O–H groups in total. The molecule has 0 amide bonds. The summed E-state index contributed by atoms with van der Waals surface area (Å²) in [7, 11) is 0. The summed E-state index contributed by atoms with van der Waals surface area (Å²) in [6.45, 7) is 6.39. The predicted octanol–water partition coefficient (Wildman–Crippen LogP) is 11.5. The number of anilines is 4. The Bertz CT molecular complexity index is 1300. The third-order valence-corrected chi connectivity index (χ3v) is 7.96. The van der Waals surface area contributed by atoms with Gasteiger partial charge in [0.05, 0.1) is 5.56 Å². The van der Waals surface area contributed by atoms with Crippen LogP contribution in [-0.4, -0.2) is 10.9 Å². The van der Waals surface area contributed by atoms with Gasteiger partial charge in [0, 0.05) is 16.9 Å². The fourth-order valence-electron chi connectivity index (χ4n) is 5.24. The van der Waals surface area contributed by atoms with E-state index >= 15 is 0 Å². The Labute approximate surface area is 265 Å². The first kappa shape index (κ1) is 34.1. The lowest BCUT2D eigenvalue weighted by molar-refractivity contribution is 0.607. The lowest BCUT2D eigenvalue weighted by atomic mass is 10.0. The summed E-state index contributed by atoms with van der Waals surface area (Å²) >= 11 is 4.19. The van der Waals surface area contributed by atoms with Gasteiger partial charge < -0.3 is 10.6 Å². The zero-order chi connectivity index (χ0) is 30.7. The van der Waals surface area contributed by atoms with Gasteiger partial charge in [-0.25, -0.2) is 4.98 Å². The van der Waals surface area contributed by atoms with Crippen molar-refractivity contribution in [2.24, 2.45) is 10.2 Å². The molecule has 0 aliphatic carbocycles. The van der Waals surface area contributed by atoms with E-state index in [1.54, 1.807) is 0 Å². The standard InChI is InChI=1S/C36H50N6S/c1-4-6-8-10-12-14-16-29-18-22-31(23-19-29)39-35-33(26-37)28(3)34(42-38-27-43)36(41-35)40-32-24-20-30(21-25-32)17-15-13-11-9-7-5-2/h18-25,43H,4-17,27H2,1-3H3,(H2,39,40,41). The first-order valence-corrected chi connectivity index (χ1v) is 16.9. The van der Waals surface area contributed by atoms with E-state index in [2.05, 4.69) is 102 Å². The van der Waals surface area contributed by atoms with E-state index in [1.165, 1.54) is 88.2 Å². The van der Waals surface area contributed by atoms with Crippen LogP contribution in [-0.2, 0) is 12.8 Å². The predicted molar refractivity (Wildman–Crippen MR) is 186 cm³/mol. The number of hydrogen-bond donors (Lipinski definition) is 3. The van der Waals surface area contributed by atoms with E-state index in [0.717, 1.165) is 24.2 Å². The number of aromatic nitrogens is 1. The van der Waals surface area contributed by atoms with Crippen molar-refractivity contribution in [1.82, 2.24) is 4.98 Å². The van der Waals surface area contributed by atoms with Crippen molar-refractivity contribution in [2.75, 3.05) is 16.5 Å². The van der Waals surface area contributed by atoms with Gasteiger partial charge in [0.2, 0.25) is 0 Å². The average molecular weight is 599 g/mol. The molecule has 0 fully saturated rings. The second-order valence-corrected chi connectivity index (χ2v) is 11.6. The number of rotatable bonds is 20. The Morgan fingerprint density at radius 2 is 1.16 bits per heavy atom. The Kier molecular flexibility index (Phi) is 15.7. The molecule has 0 unspecified atom stereocenters. The van der Waals surface area contributed by atoms with Crippen LogP contribution in [0.3, 0.4) is 0 Å². The van der Waals surface area contributed by atoms with Gasteiger partial charge in [-0.2, -0.15) is 28.1 Å². The zero-order valence-corrected chi connectivity index (χ0v) is 27.4. The summed E-state index contributed by atoms with van der Waals surface area (Å²) in [6, 6.07) is 19.3. The number of azo groups is 1. The Morgan fingerprint density at radius 1 is 0.698 bits per heavy atom. The third kappa shape index (κ3) is 11.7. The Morgan fingerprint density at radius 3 is 1.63 bits per heavy atom. The molecule has 1 heterocycles. The SMILES string of the molecule is CCCCCCCCc1ccc(Nc2nc(Nc3ccc(CCCCCCCC)cc3)c(N=NCS)c(C)c2C#N)cc1. The molecule has 0 aliphatic heterocycles. The van der Waals surface area contributed by atoms with Gasteiger partial charge >= 0.3 is 0 Å². The van der Waals surface area contributed by atoms with Crippen molar-refractivity contribution in [3.05, 3.63) is 70.8 Å². The summed E-state index contributed by atoms with van der Waals surface area (Å²) in [5.41, 5.74) is 6.18. The van der Waals surface area contributed by atoms with Crippen molar-refractivity contribution in [2.45, 2.75) is 111 Å². The highest BCUT2D eigenvalue weighted by Crippen LogP contribution is 2.36. The second kappa shape index (κ2) is 19.7. The number of pyridine rings is 1. The summed E-state index contributed by atoms with van der Waals surface area (Å²) in [6.07, 6.45) is 17.7. The normalized spacial score (nSPS) is 11.1. The van der Waals surface area contributed by atoms with Crippen LogP contribution >= 0.6 is 12.6 Å². The third-order valence-electron chi connectivity index (χ3n) is 7.83. The van der Waals surface area contributed by atoms with Crippen LogP contribution in [0, 0.1) is 18.3 Å². The largest absolute Gasteiger partial charge is 0.339 e. The molecule has 0 spiro atoms. The highest BCUT2D eigenvalue weighted by molar-refractivity contribution is 7.80. The maximum atomic E-state index is 10.1. The number of unbranched alkanes of at least 4 members (excludes halogenated alkanes) is 10. The molecular weight excluding hydrogens is 549 g/mol. The quantitative estimate of drug-likeness (QED) is 0.0686. The second-order valence-electron chi connectivity index (χ2n) is 11.3. The fraction of sp³-hybridized carbons (Fsp3) is 0.500. The molecule has 0 atom stereocenters. The van der Waals surface area contributed by atoms with E-state index in [0.29, 0.717) is 28.5 Å². The molecule has 3 rings (SSSR count). The number of nitrogens with one attached hydrogen (secondary N) is 2. The van der Waals surface area contributed by atoms with Crippen LogP contribution in [0.15, 0.2) is 58.8 Å². The number of nitriles is 1. The van der Waals surface area contributed by atoms with Crippen LogP contribution in [0.4, 0.5) is 28.7 Å². The van der Waals surface area contributed by atoms with Gasteiger partial charge in [0.1, 0.15) is 17.6 Å². The lowest BCUT2D eigenvalue weighted by Crippen LogP contribution is -2.04. The molecule has 0 radical (unpaired) electrons. The van der Waals surface area contributed by atoms with E-state index in [9.17, 15) is 5.26 Å². The highest BCUT2D eigenvalue weighted by atomic mass is 32.1. The minimum atomic E-state index is 0.249. The minimum absolute atomic E-state index is 0.249. The van der Waals surface area contributed by atoms with E-state index in [4.69, 9.17) is 4.98 Å². The first-order valence-electron chi connectivity index (χ1n) is 16.2. The Balaban J connectivity index is 1.72. The van der Waals surface area contributed by atoms with Gasteiger partial charge in [-0.3, -0.25) is 0 Å². The van der Waals surface area contributed by atoms with E-state index in [1.807, 2.05) is 6.92 Å².